The molecule has 0 aromatic carbocycles. The van der Waals surface area contributed by atoms with Crippen molar-refractivity contribution in [3.05, 3.63) is 20.7 Å². The molecule has 0 saturated heterocycles. The summed E-state index contributed by atoms with van der Waals surface area (Å²) in [7, 11) is -2.10. The summed E-state index contributed by atoms with van der Waals surface area (Å²) >= 11 is 4.61. The number of thiazole rings is 1. The molecule has 0 unspecified atom stereocenters. The minimum absolute atomic E-state index is 0.0157. The van der Waals surface area contributed by atoms with E-state index in [-0.39, 0.29) is 16.2 Å². The monoisotopic (exact) mass is 365 g/mol. The molecule has 2 aromatic rings. The molecule has 0 spiro atoms. The second-order valence-electron chi connectivity index (χ2n) is 3.81. The van der Waals surface area contributed by atoms with Crippen LogP contribution in [0.3, 0.4) is 0 Å². The van der Waals surface area contributed by atoms with Crippen LogP contribution in [0, 0.1) is 6.92 Å². The fraction of sp³-hybridized carbons (Fsp3) is 0.444. The van der Waals surface area contributed by atoms with Crippen molar-refractivity contribution in [1.82, 2.24) is 24.7 Å². The van der Waals surface area contributed by atoms with Crippen LogP contribution < -0.4 is 4.72 Å². The van der Waals surface area contributed by atoms with Gasteiger partial charge in [-0.15, -0.1) is 16.4 Å². The summed E-state index contributed by atoms with van der Waals surface area (Å²) in [5.41, 5.74) is 0.882. The Hall–Kier alpha value is -0.840. The second kappa shape index (κ2) is 5.65. The summed E-state index contributed by atoms with van der Waals surface area (Å²) in [5.74, 6) is 0. The van der Waals surface area contributed by atoms with Gasteiger partial charge in [-0.25, -0.2) is 22.8 Å². The third-order valence-electron chi connectivity index (χ3n) is 2.33. The standard InChI is InChI=1S/C9H12BrN5O2S2/c1-6-12-7(5-18-6)3-4-11-19(16,17)9-8(10)13-14-15(9)2/h5,11H,3-4H2,1-2H3. The molecule has 0 aliphatic heterocycles. The molecule has 0 atom stereocenters. The topological polar surface area (TPSA) is 89.8 Å². The molecular weight excluding hydrogens is 354 g/mol. The number of rotatable bonds is 5. The van der Waals surface area contributed by atoms with Gasteiger partial charge in [0.05, 0.1) is 10.7 Å². The molecule has 0 saturated carbocycles. The van der Waals surface area contributed by atoms with Gasteiger partial charge >= 0.3 is 0 Å². The zero-order valence-electron chi connectivity index (χ0n) is 10.3. The molecule has 0 fully saturated rings. The molecule has 2 aromatic heterocycles. The van der Waals surface area contributed by atoms with Crippen LogP contribution in [0.2, 0.25) is 0 Å². The van der Waals surface area contributed by atoms with Gasteiger partial charge in [-0.2, -0.15) is 0 Å². The number of hydrogen-bond acceptors (Lipinski definition) is 6. The molecule has 7 nitrogen and oxygen atoms in total. The number of aryl methyl sites for hydroxylation is 2. The van der Waals surface area contributed by atoms with Crippen molar-refractivity contribution >= 4 is 37.3 Å². The van der Waals surface area contributed by atoms with Gasteiger partial charge in [-0.05, 0) is 22.9 Å². The zero-order valence-corrected chi connectivity index (χ0v) is 13.5. The van der Waals surface area contributed by atoms with Gasteiger partial charge < -0.3 is 0 Å². The highest BCUT2D eigenvalue weighted by atomic mass is 79.9. The first-order chi connectivity index (χ1) is 8.90. The Morgan fingerprint density at radius 3 is 2.79 bits per heavy atom. The summed E-state index contributed by atoms with van der Waals surface area (Å²) in [5, 5.41) is 10.2. The van der Waals surface area contributed by atoms with Crippen molar-refractivity contribution in [2.45, 2.75) is 18.4 Å². The number of sulfonamides is 1. The molecule has 2 heterocycles. The highest BCUT2D eigenvalue weighted by molar-refractivity contribution is 9.10. The predicted octanol–water partition coefficient (Wildman–Crippen LogP) is 0.864. The maximum absolute atomic E-state index is 12.1. The third-order valence-corrected chi connectivity index (χ3v) is 5.50. The Labute approximate surface area is 123 Å². The van der Waals surface area contributed by atoms with E-state index in [1.54, 1.807) is 11.3 Å². The van der Waals surface area contributed by atoms with Crippen molar-refractivity contribution in [2.75, 3.05) is 6.54 Å². The lowest BCUT2D eigenvalue weighted by atomic mass is 10.3. The van der Waals surface area contributed by atoms with Crippen molar-refractivity contribution in [3.8, 4) is 0 Å². The first-order valence-corrected chi connectivity index (χ1v) is 8.51. The highest BCUT2D eigenvalue weighted by Crippen LogP contribution is 2.17. The molecule has 19 heavy (non-hydrogen) atoms. The van der Waals surface area contributed by atoms with Crippen LogP contribution in [-0.2, 0) is 23.5 Å². The van der Waals surface area contributed by atoms with Crippen LogP contribution in [-0.4, -0.2) is 34.9 Å². The van der Waals surface area contributed by atoms with Crippen LogP contribution in [0.5, 0.6) is 0 Å². The Balaban J connectivity index is 2.03. The number of nitrogens with zero attached hydrogens (tertiary/aromatic N) is 4. The summed E-state index contributed by atoms with van der Waals surface area (Å²) in [6.45, 7) is 2.19. The van der Waals surface area contributed by atoms with Gasteiger partial charge in [0.1, 0.15) is 0 Å². The largest absolute Gasteiger partial charge is 0.260 e. The average molecular weight is 366 g/mol. The van der Waals surface area contributed by atoms with Crippen molar-refractivity contribution in [3.63, 3.8) is 0 Å². The first kappa shape index (κ1) is 14.6. The van der Waals surface area contributed by atoms with E-state index in [4.69, 9.17) is 0 Å². The normalized spacial score (nSPS) is 11.9. The van der Waals surface area contributed by atoms with E-state index in [0.29, 0.717) is 6.42 Å². The maximum Gasteiger partial charge on any atom is 0.260 e. The Morgan fingerprint density at radius 1 is 1.53 bits per heavy atom. The van der Waals surface area contributed by atoms with Crippen LogP contribution in [0.1, 0.15) is 10.7 Å². The van der Waals surface area contributed by atoms with Crippen molar-refractivity contribution < 1.29 is 8.42 Å². The van der Waals surface area contributed by atoms with Crippen LogP contribution in [0.15, 0.2) is 15.0 Å². The quantitative estimate of drug-likeness (QED) is 0.848. The van der Waals surface area contributed by atoms with Crippen LogP contribution in [0.4, 0.5) is 0 Å². The molecular formula is C9H12BrN5O2S2. The first-order valence-electron chi connectivity index (χ1n) is 5.36. The lowest BCUT2D eigenvalue weighted by Gasteiger charge is -2.05. The molecule has 1 N–H and O–H groups in total. The Morgan fingerprint density at radius 2 is 2.26 bits per heavy atom. The van der Waals surface area contributed by atoms with E-state index in [1.165, 1.54) is 11.7 Å². The van der Waals surface area contributed by atoms with Gasteiger partial charge in [-0.1, -0.05) is 5.21 Å². The van der Waals surface area contributed by atoms with E-state index < -0.39 is 10.0 Å². The smallest absolute Gasteiger partial charge is 0.247 e. The van der Waals surface area contributed by atoms with Gasteiger partial charge in [0, 0.05) is 25.4 Å². The van der Waals surface area contributed by atoms with E-state index in [9.17, 15) is 8.42 Å². The number of halogens is 1. The summed E-state index contributed by atoms with van der Waals surface area (Å²) in [4.78, 5) is 4.27. The number of hydrogen-bond donors (Lipinski definition) is 1. The van der Waals surface area contributed by atoms with Crippen LogP contribution in [0.25, 0.3) is 0 Å². The van der Waals surface area contributed by atoms with Crippen molar-refractivity contribution in [2.24, 2.45) is 7.05 Å². The molecule has 0 radical (unpaired) electrons. The highest BCUT2D eigenvalue weighted by Gasteiger charge is 2.23. The summed E-state index contributed by atoms with van der Waals surface area (Å²) < 4.78 is 28.1. The van der Waals surface area contributed by atoms with Crippen LogP contribution >= 0.6 is 27.3 Å². The second-order valence-corrected chi connectivity index (χ2v) is 7.31. The average Bonchev–Trinajstić information content (AvgIpc) is 2.86. The molecule has 0 aliphatic rings. The molecule has 2 rings (SSSR count). The fourth-order valence-corrected chi connectivity index (χ4v) is 4.28. The van der Waals surface area contributed by atoms with Gasteiger partial charge in [0.2, 0.25) is 5.03 Å². The maximum atomic E-state index is 12.1. The molecule has 0 amide bonds. The Kier molecular flexibility index (Phi) is 4.33. The number of aromatic nitrogens is 4. The minimum Gasteiger partial charge on any atom is -0.247 e. The van der Waals surface area contributed by atoms with Gasteiger partial charge in [0.15, 0.2) is 4.60 Å². The van der Waals surface area contributed by atoms with Gasteiger partial charge in [-0.3, -0.25) is 0 Å². The molecule has 0 bridgehead atoms. The molecule has 0 aliphatic carbocycles. The minimum atomic E-state index is -3.62. The van der Waals surface area contributed by atoms with Crippen molar-refractivity contribution in [1.29, 1.82) is 0 Å². The Bertz CT molecular complexity index is 659. The fourth-order valence-electron chi connectivity index (χ4n) is 1.51. The lowest BCUT2D eigenvalue weighted by molar-refractivity contribution is 0.560. The van der Waals surface area contributed by atoms with E-state index in [2.05, 4.69) is 35.9 Å². The molecule has 104 valence electrons. The predicted molar refractivity (Wildman–Crippen MR) is 74.4 cm³/mol. The molecule has 10 heteroatoms. The summed E-state index contributed by atoms with van der Waals surface area (Å²) in [6.07, 6.45) is 0.548. The van der Waals surface area contributed by atoms with E-state index in [0.717, 1.165) is 10.7 Å². The zero-order chi connectivity index (χ0) is 14.0. The lowest BCUT2D eigenvalue weighted by Crippen LogP contribution is -2.28. The summed E-state index contributed by atoms with van der Waals surface area (Å²) in [6, 6.07) is 0. The SMILES string of the molecule is Cc1nc(CCNS(=O)(=O)c2c(Br)nnn2C)cs1. The third kappa shape index (κ3) is 3.38. The number of nitrogens with one attached hydrogen (secondary N) is 1. The van der Waals surface area contributed by atoms with E-state index in [1.807, 2.05) is 12.3 Å². The van der Waals surface area contributed by atoms with E-state index >= 15 is 0 Å². The van der Waals surface area contributed by atoms with Gasteiger partial charge in [0.25, 0.3) is 10.0 Å².